The fourth-order valence-corrected chi connectivity index (χ4v) is 2.29. The first kappa shape index (κ1) is 15.5. The Labute approximate surface area is 127 Å². The van der Waals surface area contributed by atoms with E-state index in [1.165, 1.54) is 11.1 Å². The van der Waals surface area contributed by atoms with Crippen LogP contribution in [0.5, 0.6) is 11.6 Å². The van der Waals surface area contributed by atoms with Gasteiger partial charge in [0.1, 0.15) is 5.75 Å². The molecule has 0 aliphatic heterocycles. The zero-order valence-electron chi connectivity index (χ0n) is 13.1. The molecule has 0 saturated carbocycles. The lowest BCUT2D eigenvalue weighted by atomic mass is 10.1. The average molecular weight is 284 g/mol. The summed E-state index contributed by atoms with van der Waals surface area (Å²) in [6.07, 6.45) is 3.17. The average Bonchev–Trinajstić information content (AvgIpc) is 2.49. The molecule has 0 unspecified atom stereocenters. The summed E-state index contributed by atoms with van der Waals surface area (Å²) in [7, 11) is 1.94. The van der Waals surface area contributed by atoms with Crippen LogP contribution in [0, 0.1) is 0 Å². The molecule has 112 valence electrons. The maximum atomic E-state index is 5.90. The van der Waals surface area contributed by atoms with Crippen LogP contribution in [-0.4, -0.2) is 12.0 Å². The van der Waals surface area contributed by atoms with Gasteiger partial charge < -0.3 is 10.1 Å². The Kier molecular flexibility index (Phi) is 5.76. The zero-order valence-corrected chi connectivity index (χ0v) is 13.1. The van der Waals surface area contributed by atoms with Crippen molar-refractivity contribution in [3.63, 3.8) is 0 Å². The first-order chi connectivity index (χ1) is 10.2. The van der Waals surface area contributed by atoms with Crippen LogP contribution in [-0.2, 0) is 19.4 Å². The number of nitrogens with zero attached hydrogens (tertiary/aromatic N) is 1. The number of rotatable bonds is 7. The van der Waals surface area contributed by atoms with E-state index in [9.17, 15) is 0 Å². The van der Waals surface area contributed by atoms with Gasteiger partial charge in [0.25, 0.3) is 0 Å². The molecule has 0 saturated heterocycles. The van der Waals surface area contributed by atoms with Crippen molar-refractivity contribution in [2.75, 3.05) is 7.05 Å². The summed E-state index contributed by atoms with van der Waals surface area (Å²) in [5, 5.41) is 3.16. The first-order valence-corrected chi connectivity index (χ1v) is 7.66. The highest BCUT2D eigenvalue weighted by Gasteiger charge is 2.04. The molecule has 1 aromatic carbocycles. The van der Waals surface area contributed by atoms with Gasteiger partial charge in [-0.15, -0.1) is 0 Å². The quantitative estimate of drug-likeness (QED) is 0.831. The van der Waals surface area contributed by atoms with E-state index in [-0.39, 0.29) is 0 Å². The number of benzene rings is 1. The number of pyridine rings is 1. The van der Waals surface area contributed by atoms with E-state index in [4.69, 9.17) is 4.74 Å². The molecule has 21 heavy (non-hydrogen) atoms. The van der Waals surface area contributed by atoms with Gasteiger partial charge in [0.15, 0.2) is 0 Å². The maximum absolute atomic E-state index is 5.90. The van der Waals surface area contributed by atoms with Gasteiger partial charge in [0.2, 0.25) is 5.88 Å². The Morgan fingerprint density at radius 3 is 2.43 bits per heavy atom. The molecule has 0 aliphatic carbocycles. The van der Waals surface area contributed by atoms with Crippen LogP contribution in [0.4, 0.5) is 0 Å². The zero-order chi connectivity index (χ0) is 15.1. The fourth-order valence-electron chi connectivity index (χ4n) is 2.29. The molecule has 0 aliphatic rings. The van der Waals surface area contributed by atoms with Crippen molar-refractivity contribution in [1.29, 1.82) is 0 Å². The molecule has 0 fully saturated rings. The molecule has 1 N–H and O–H groups in total. The van der Waals surface area contributed by atoms with Crippen molar-refractivity contribution in [3.8, 4) is 11.6 Å². The number of hydrogen-bond acceptors (Lipinski definition) is 3. The van der Waals surface area contributed by atoms with Gasteiger partial charge in [-0.3, -0.25) is 0 Å². The summed E-state index contributed by atoms with van der Waals surface area (Å²) in [4.78, 5) is 4.54. The SMILES string of the molecule is CCCc1ccc(Oc2cc(CNC)cc(CC)n2)cc1. The molecule has 2 aromatic rings. The van der Waals surface area contributed by atoms with E-state index < -0.39 is 0 Å². The highest BCUT2D eigenvalue weighted by molar-refractivity contribution is 5.33. The van der Waals surface area contributed by atoms with Crippen LogP contribution in [0.25, 0.3) is 0 Å². The smallest absolute Gasteiger partial charge is 0.219 e. The Morgan fingerprint density at radius 2 is 1.81 bits per heavy atom. The van der Waals surface area contributed by atoms with E-state index in [2.05, 4.69) is 42.3 Å². The number of nitrogens with one attached hydrogen (secondary N) is 1. The van der Waals surface area contributed by atoms with Gasteiger partial charge in [-0.2, -0.15) is 0 Å². The van der Waals surface area contributed by atoms with Gasteiger partial charge in [0, 0.05) is 18.3 Å². The van der Waals surface area contributed by atoms with Gasteiger partial charge in [-0.25, -0.2) is 4.98 Å². The first-order valence-electron chi connectivity index (χ1n) is 7.66. The number of ether oxygens (including phenoxy) is 1. The summed E-state index contributed by atoms with van der Waals surface area (Å²) < 4.78 is 5.90. The number of aromatic nitrogens is 1. The predicted octanol–water partition coefficient (Wildman–Crippen LogP) is 4.11. The van der Waals surface area contributed by atoms with Crippen LogP contribution in [0.2, 0.25) is 0 Å². The second-order valence-corrected chi connectivity index (χ2v) is 5.18. The number of aryl methyl sites for hydroxylation is 2. The van der Waals surface area contributed by atoms with Gasteiger partial charge in [-0.1, -0.05) is 32.4 Å². The third-order valence-corrected chi connectivity index (χ3v) is 3.34. The molecule has 0 radical (unpaired) electrons. The Balaban J connectivity index is 2.15. The summed E-state index contributed by atoms with van der Waals surface area (Å²) in [6, 6.07) is 12.4. The molecule has 1 heterocycles. The van der Waals surface area contributed by atoms with Crippen LogP contribution < -0.4 is 10.1 Å². The molecule has 0 amide bonds. The van der Waals surface area contributed by atoms with Crippen LogP contribution in [0.15, 0.2) is 36.4 Å². The van der Waals surface area contributed by atoms with E-state index in [1.54, 1.807) is 0 Å². The molecular weight excluding hydrogens is 260 g/mol. The van der Waals surface area contributed by atoms with Crippen LogP contribution in [0.1, 0.15) is 37.1 Å². The third kappa shape index (κ3) is 4.57. The molecule has 2 rings (SSSR count). The van der Waals surface area contributed by atoms with Crippen molar-refractivity contribution in [2.45, 2.75) is 39.7 Å². The monoisotopic (exact) mass is 284 g/mol. The van der Waals surface area contributed by atoms with Gasteiger partial charge in [-0.05, 0) is 49.2 Å². The van der Waals surface area contributed by atoms with Crippen molar-refractivity contribution >= 4 is 0 Å². The van der Waals surface area contributed by atoms with E-state index >= 15 is 0 Å². The topological polar surface area (TPSA) is 34.1 Å². The minimum absolute atomic E-state index is 0.669. The summed E-state index contributed by atoms with van der Waals surface area (Å²) in [5.74, 6) is 1.51. The lowest BCUT2D eigenvalue weighted by Gasteiger charge is -2.10. The predicted molar refractivity (Wildman–Crippen MR) is 86.9 cm³/mol. The highest BCUT2D eigenvalue weighted by atomic mass is 16.5. The Hall–Kier alpha value is -1.87. The maximum Gasteiger partial charge on any atom is 0.219 e. The normalized spacial score (nSPS) is 10.6. The van der Waals surface area contributed by atoms with Crippen LogP contribution in [0.3, 0.4) is 0 Å². The molecule has 0 bridgehead atoms. The summed E-state index contributed by atoms with van der Waals surface area (Å²) >= 11 is 0. The third-order valence-electron chi connectivity index (χ3n) is 3.34. The molecule has 0 atom stereocenters. The van der Waals surface area contributed by atoms with Crippen molar-refractivity contribution in [3.05, 3.63) is 53.2 Å². The number of hydrogen-bond donors (Lipinski definition) is 1. The molecule has 0 spiro atoms. The van der Waals surface area contributed by atoms with Gasteiger partial charge >= 0.3 is 0 Å². The summed E-state index contributed by atoms with van der Waals surface area (Å²) in [5.41, 5.74) is 3.60. The fraction of sp³-hybridized carbons (Fsp3) is 0.389. The largest absolute Gasteiger partial charge is 0.439 e. The van der Waals surface area contributed by atoms with Crippen molar-refractivity contribution in [1.82, 2.24) is 10.3 Å². The lowest BCUT2D eigenvalue weighted by Crippen LogP contribution is -2.06. The molecule has 3 nitrogen and oxygen atoms in total. The molecule has 1 aromatic heterocycles. The Morgan fingerprint density at radius 1 is 1.05 bits per heavy atom. The van der Waals surface area contributed by atoms with E-state index in [1.807, 2.05) is 25.2 Å². The summed E-state index contributed by atoms with van der Waals surface area (Å²) in [6.45, 7) is 5.12. The van der Waals surface area contributed by atoms with Crippen LogP contribution >= 0.6 is 0 Å². The van der Waals surface area contributed by atoms with Gasteiger partial charge in [0.05, 0.1) is 0 Å². The lowest BCUT2D eigenvalue weighted by molar-refractivity contribution is 0.459. The second-order valence-electron chi connectivity index (χ2n) is 5.18. The second kappa shape index (κ2) is 7.79. The van der Waals surface area contributed by atoms with E-state index in [0.717, 1.165) is 37.3 Å². The minimum Gasteiger partial charge on any atom is -0.439 e. The Bertz CT molecular complexity index is 564. The molecular formula is C18H24N2O. The van der Waals surface area contributed by atoms with Crippen molar-refractivity contribution in [2.24, 2.45) is 0 Å². The minimum atomic E-state index is 0.669. The molecule has 3 heteroatoms. The standard InChI is InChI=1S/C18H24N2O/c1-4-6-14-7-9-17(10-8-14)21-18-12-15(13-19-3)11-16(5-2)20-18/h7-12,19H,4-6,13H2,1-3H3. The highest BCUT2D eigenvalue weighted by Crippen LogP contribution is 2.22. The van der Waals surface area contributed by atoms with E-state index in [0.29, 0.717) is 5.88 Å². The van der Waals surface area contributed by atoms with Crippen molar-refractivity contribution < 1.29 is 4.74 Å².